The Balaban J connectivity index is 2.12. The molecule has 0 aliphatic heterocycles. The molecule has 0 saturated heterocycles. The molecule has 0 saturated carbocycles. The molecule has 1 unspecified atom stereocenters. The van der Waals surface area contributed by atoms with Crippen molar-refractivity contribution in [2.24, 2.45) is 0 Å². The lowest BCUT2D eigenvalue weighted by molar-refractivity contribution is -0.140. The summed E-state index contributed by atoms with van der Waals surface area (Å²) < 4.78 is 0. The summed E-state index contributed by atoms with van der Waals surface area (Å²) in [6.07, 6.45) is 1.84. The van der Waals surface area contributed by atoms with E-state index in [9.17, 15) is 9.59 Å². The highest BCUT2D eigenvalue weighted by Crippen LogP contribution is 2.23. The molecule has 0 fully saturated rings. The first-order valence-corrected chi connectivity index (χ1v) is 11.4. The van der Waals surface area contributed by atoms with Crippen molar-refractivity contribution in [1.82, 2.24) is 10.2 Å². The van der Waals surface area contributed by atoms with Crippen LogP contribution >= 0.6 is 11.6 Å². The molecule has 5 heteroatoms. The van der Waals surface area contributed by atoms with Gasteiger partial charge < -0.3 is 10.2 Å². The highest BCUT2D eigenvalue weighted by Gasteiger charge is 2.25. The van der Waals surface area contributed by atoms with Crippen molar-refractivity contribution in [1.29, 1.82) is 0 Å². The highest BCUT2D eigenvalue weighted by molar-refractivity contribution is 6.30. The molecule has 4 nitrogen and oxygen atoms in total. The second-order valence-corrected chi connectivity index (χ2v) is 9.50. The van der Waals surface area contributed by atoms with Crippen LogP contribution in [0.4, 0.5) is 0 Å². The molecule has 31 heavy (non-hydrogen) atoms. The topological polar surface area (TPSA) is 49.4 Å². The third-order valence-corrected chi connectivity index (χ3v) is 5.64. The van der Waals surface area contributed by atoms with Crippen LogP contribution in [0.5, 0.6) is 0 Å². The zero-order chi connectivity index (χ0) is 23.0. The van der Waals surface area contributed by atoms with Crippen molar-refractivity contribution in [2.45, 2.75) is 71.9 Å². The third kappa shape index (κ3) is 7.70. The number of aryl methyl sites for hydroxylation is 1. The van der Waals surface area contributed by atoms with Gasteiger partial charge in [0.2, 0.25) is 11.8 Å². The summed E-state index contributed by atoms with van der Waals surface area (Å²) in [7, 11) is 0. The minimum Gasteiger partial charge on any atom is -0.354 e. The molecule has 0 radical (unpaired) electrons. The summed E-state index contributed by atoms with van der Waals surface area (Å²) in [5.41, 5.74) is 3.40. The molecule has 0 aliphatic carbocycles. The van der Waals surface area contributed by atoms with Gasteiger partial charge in [-0.15, -0.1) is 0 Å². The number of halogens is 1. The maximum absolute atomic E-state index is 13.2. The Labute approximate surface area is 192 Å². The first kappa shape index (κ1) is 24.9. The number of amides is 2. The zero-order valence-electron chi connectivity index (χ0n) is 19.4. The quantitative estimate of drug-likeness (QED) is 0.556. The Bertz CT molecular complexity index is 872. The molecule has 2 aromatic carbocycles. The predicted molar refractivity (Wildman–Crippen MR) is 128 cm³/mol. The van der Waals surface area contributed by atoms with Crippen molar-refractivity contribution < 1.29 is 9.59 Å². The molecule has 0 bridgehead atoms. The van der Waals surface area contributed by atoms with Crippen molar-refractivity contribution >= 4 is 23.4 Å². The van der Waals surface area contributed by atoms with E-state index in [0.717, 1.165) is 17.5 Å². The van der Waals surface area contributed by atoms with Gasteiger partial charge in [-0.3, -0.25) is 9.59 Å². The fourth-order valence-corrected chi connectivity index (χ4v) is 3.59. The monoisotopic (exact) mass is 442 g/mol. The van der Waals surface area contributed by atoms with E-state index >= 15 is 0 Å². The molecule has 1 N–H and O–H groups in total. The molecule has 0 spiro atoms. The smallest absolute Gasteiger partial charge is 0.242 e. The number of hydrogen-bond acceptors (Lipinski definition) is 2. The summed E-state index contributed by atoms with van der Waals surface area (Å²) in [6, 6.07) is 15.3. The Kier molecular flexibility index (Phi) is 9.12. The number of carbonyl (C=O) groups excluding carboxylic acids is 2. The van der Waals surface area contributed by atoms with Crippen LogP contribution in [-0.4, -0.2) is 29.3 Å². The van der Waals surface area contributed by atoms with Crippen LogP contribution in [0, 0.1) is 0 Å². The van der Waals surface area contributed by atoms with E-state index < -0.39 is 6.04 Å². The first-order chi connectivity index (χ1) is 14.6. The van der Waals surface area contributed by atoms with Crippen molar-refractivity contribution in [2.75, 3.05) is 6.54 Å². The third-order valence-electron chi connectivity index (χ3n) is 5.41. The number of rotatable bonds is 9. The summed E-state index contributed by atoms with van der Waals surface area (Å²) >= 11 is 6.12. The molecular formula is C26H35ClN2O2. The number of hydrogen-bond donors (Lipinski definition) is 1. The lowest BCUT2D eigenvalue weighted by Gasteiger charge is -2.29. The average molecular weight is 443 g/mol. The number of nitrogens with one attached hydrogen (secondary N) is 1. The Hall–Kier alpha value is -2.33. The van der Waals surface area contributed by atoms with Gasteiger partial charge in [0.25, 0.3) is 0 Å². The summed E-state index contributed by atoms with van der Waals surface area (Å²) in [5.74, 6) is -0.175. The zero-order valence-corrected chi connectivity index (χ0v) is 20.1. The molecule has 0 aromatic heterocycles. The largest absolute Gasteiger partial charge is 0.354 e. The van der Waals surface area contributed by atoms with Gasteiger partial charge >= 0.3 is 0 Å². The van der Waals surface area contributed by atoms with Gasteiger partial charge in [0, 0.05) is 24.5 Å². The van der Waals surface area contributed by atoms with Gasteiger partial charge in [0.1, 0.15) is 6.04 Å². The lowest BCUT2D eigenvalue weighted by Crippen LogP contribution is -2.47. The van der Waals surface area contributed by atoms with Gasteiger partial charge in [0.15, 0.2) is 0 Å². The van der Waals surface area contributed by atoms with Crippen LogP contribution < -0.4 is 5.32 Å². The average Bonchev–Trinajstić information content (AvgIpc) is 2.73. The van der Waals surface area contributed by atoms with E-state index in [4.69, 9.17) is 11.6 Å². The Morgan fingerprint density at radius 3 is 2.32 bits per heavy atom. The van der Waals surface area contributed by atoms with E-state index in [1.165, 1.54) is 5.56 Å². The minimum absolute atomic E-state index is 0.0426. The fourth-order valence-electron chi connectivity index (χ4n) is 3.38. The van der Waals surface area contributed by atoms with E-state index in [1.54, 1.807) is 17.9 Å². The second-order valence-electron chi connectivity index (χ2n) is 9.07. The van der Waals surface area contributed by atoms with Gasteiger partial charge in [-0.05, 0) is 54.0 Å². The van der Waals surface area contributed by atoms with Crippen LogP contribution in [-0.2, 0) is 28.0 Å². The van der Waals surface area contributed by atoms with Gasteiger partial charge in [-0.1, -0.05) is 75.7 Å². The lowest BCUT2D eigenvalue weighted by atomic mass is 9.86. The Morgan fingerprint density at radius 2 is 1.74 bits per heavy atom. The summed E-state index contributed by atoms with van der Waals surface area (Å²) in [4.78, 5) is 27.4. The van der Waals surface area contributed by atoms with Crippen LogP contribution in [0.15, 0.2) is 48.5 Å². The normalized spacial score (nSPS) is 12.3. The highest BCUT2D eigenvalue weighted by atomic mass is 35.5. The predicted octanol–water partition coefficient (Wildman–Crippen LogP) is 5.51. The molecule has 2 rings (SSSR count). The van der Waals surface area contributed by atoms with Gasteiger partial charge in [0.05, 0.1) is 0 Å². The SMILES string of the molecule is CCCNC(=O)C(C)N(Cc1cccc(Cl)c1)C(=O)CCc1ccc(C(C)(C)C)cc1. The van der Waals surface area contributed by atoms with Crippen molar-refractivity contribution in [3.05, 3.63) is 70.2 Å². The van der Waals surface area contributed by atoms with Crippen LogP contribution in [0.2, 0.25) is 5.02 Å². The first-order valence-electron chi connectivity index (χ1n) is 11.0. The summed E-state index contributed by atoms with van der Waals surface area (Å²) in [6.45, 7) is 11.3. The van der Waals surface area contributed by atoms with Crippen molar-refractivity contribution in [3.63, 3.8) is 0 Å². The van der Waals surface area contributed by atoms with Crippen LogP contribution in [0.1, 0.15) is 64.2 Å². The number of carbonyl (C=O) groups is 2. The van der Waals surface area contributed by atoms with Gasteiger partial charge in [-0.2, -0.15) is 0 Å². The van der Waals surface area contributed by atoms with E-state index in [2.05, 4.69) is 50.4 Å². The van der Waals surface area contributed by atoms with Gasteiger partial charge in [-0.25, -0.2) is 0 Å². The number of nitrogens with zero attached hydrogens (tertiary/aromatic N) is 1. The molecule has 2 amide bonds. The second kappa shape index (κ2) is 11.3. The molecular weight excluding hydrogens is 408 g/mol. The summed E-state index contributed by atoms with van der Waals surface area (Å²) in [5, 5.41) is 3.52. The van der Waals surface area contributed by atoms with Crippen molar-refractivity contribution in [3.8, 4) is 0 Å². The molecule has 168 valence electrons. The standard InChI is InChI=1S/C26H35ClN2O2/c1-6-16-28-25(31)19(2)29(18-21-8-7-9-23(27)17-21)24(30)15-12-20-10-13-22(14-11-20)26(3,4)5/h7-11,13-14,17,19H,6,12,15-16,18H2,1-5H3,(H,28,31). The van der Waals surface area contributed by atoms with Crippen LogP contribution in [0.3, 0.4) is 0 Å². The Morgan fingerprint density at radius 1 is 1.06 bits per heavy atom. The number of benzene rings is 2. The van der Waals surface area contributed by atoms with Crippen LogP contribution in [0.25, 0.3) is 0 Å². The molecule has 0 aliphatic rings. The molecule has 0 heterocycles. The maximum Gasteiger partial charge on any atom is 0.242 e. The minimum atomic E-state index is -0.554. The van der Waals surface area contributed by atoms with E-state index in [1.807, 2.05) is 25.1 Å². The molecule has 1 atom stereocenters. The molecule has 2 aromatic rings. The van der Waals surface area contributed by atoms with E-state index in [-0.39, 0.29) is 17.2 Å². The maximum atomic E-state index is 13.2. The van der Waals surface area contributed by atoms with E-state index in [0.29, 0.717) is 31.0 Å². The fraction of sp³-hybridized carbons (Fsp3) is 0.462.